The molecule has 0 spiro atoms. The van der Waals surface area contributed by atoms with Gasteiger partial charge in [0.05, 0.1) is 17.7 Å². The van der Waals surface area contributed by atoms with E-state index in [0.717, 1.165) is 31.2 Å². The van der Waals surface area contributed by atoms with Crippen LogP contribution in [0, 0.1) is 5.92 Å². The summed E-state index contributed by atoms with van der Waals surface area (Å²) in [5.74, 6) is -0.398. The van der Waals surface area contributed by atoms with E-state index in [1.54, 1.807) is 18.7 Å². The Kier molecular flexibility index (Phi) is 13.7. The number of piperidine rings is 1. The van der Waals surface area contributed by atoms with Crippen molar-refractivity contribution in [2.75, 3.05) is 13.1 Å². The number of aliphatic hydroxyl groups excluding tert-OH is 1. The first-order valence-corrected chi connectivity index (χ1v) is 16.3. The molecule has 3 rings (SSSR count). The number of carbonyl (C=O) groups excluding carboxylic acids is 3. The summed E-state index contributed by atoms with van der Waals surface area (Å²) in [5.41, 5.74) is 5.81. The van der Waals surface area contributed by atoms with Crippen LogP contribution >= 0.6 is 0 Å². The Hall–Kier alpha value is -2.69. The highest BCUT2D eigenvalue weighted by atomic mass is 16.3. The molecular formula is C33H55N5O5. The van der Waals surface area contributed by atoms with Gasteiger partial charge in [-0.1, -0.05) is 75.8 Å². The lowest BCUT2D eigenvalue weighted by Gasteiger charge is -2.34. The molecule has 4 atom stereocenters. The quantitative estimate of drug-likeness (QED) is 0.193. The predicted molar refractivity (Wildman–Crippen MR) is 168 cm³/mol. The fraction of sp³-hybridized carbons (Fsp3) is 0.727. The zero-order valence-corrected chi connectivity index (χ0v) is 26.4. The van der Waals surface area contributed by atoms with Gasteiger partial charge in [-0.2, -0.15) is 0 Å². The molecule has 0 unspecified atom stereocenters. The third-order valence-corrected chi connectivity index (χ3v) is 8.75. The van der Waals surface area contributed by atoms with Crippen molar-refractivity contribution in [3.05, 3.63) is 35.9 Å². The van der Waals surface area contributed by atoms with Gasteiger partial charge in [-0.25, -0.2) is 4.79 Å². The van der Waals surface area contributed by atoms with Crippen molar-refractivity contribution < 1.29 is 24.6 Å². The van der Waals surface area contributed by atoms with Gasteiger partial charge in [0.1, 0.15) is 12.1 Å². The van der Waals surface area contributed by atoms with E-state index in [4.69, 9.17) is 5.73 Å². The van der Waals surface area contributed by atoms with Gasteiger partial charge in [-0.3, -0.25) is 9.59 Å². The number of aliphatic hydroxyl groups is 2. The molecule has 2 fully saturated rings. The van der Waals surface area contributed by atoms with Gasteiger partial charge in [0, 0.05) is 32.0 Å². The van der Waals surface area contributed by atoms with Crippen LogP contribution in [0.2, 0.25) is 0 Å². The van der Waals surface area contributed by atoms with Crippen LogP contribution < -0.4 is 21.7 Å². The molecule has 242 valence electrons. The first-order valence-electron chi connectivity index (χ1n) is 16.3. The molecule has 1 saturated carbocycles. The van der Waals surface area contributed by atoms with Crippen LogP contribution in [0.4, 0.5) is 4.79 Å². The minimum absolute atomic E-state index is 0.0738. The molecule has 0 aromatic heterocycles. The van der Waals surface area contributed by atoms with Crippen molar-refractivity contribution in [2.45, 2.75) is 134 Å². The highest BCUT2D eigenvalue weighted by Gasteiger charge is 2.33. The number of urea groups is 1. The molecule has 1 aliphatic carbocycles. The number of likely N-dealkylation sites (tertiary alicyclic amines) is 1. The number of nitrogens with zero attached hydrogens (tertiary/aromatic N) is 1. The van der Waals surface area contributed by atoms with Crippen molar-refractivity contribution in [3.63, 3.8) is 0 Å². The Morgan fingerprint density at radius 3 is 2.19 bits per heavy atom. The summed E-state index contributed by atoms with van der Waals surface area (Å²) in [6.45, 7) is 6.30. The first kappa shape index (κ1) is 34.8. The predicted octanol–water partition coefficient (Wildman–Crippen LogP) is 2.99. The van der Waals surface area contributed by atoms with Crippen molar-refractivity contribution in [1.82, 2.24) is 20.9 Å². The van der Waals surface area contributed by atoms with E-state index in [1.165, 1.54) is 6.42 Å². The van der Waals surface area contributed by atoms with Crippen molar-refractivity contribution in [2.24, 2.45) is 11.7 Å². The molecule has 10 nitrogen and oxygen atoms in total. The Bertz CT molecular complexity index is 1000. The second kappa shape index (κ2) is 17.0. The average Bonchev–Trinajstić information content (AvgIpc) is 2.96. The number of nitrogens with one attached hydrogen (secondary N) is 3. The van der Waals surface area contributed by atoms with Crippen molar-refractivity contribution in [3.8, 4) is 0 Å². The summed E-state index contributed by atoms with van der Waals surface area (Å²) in [4.78, 5) is 42.2. The number of rotatable bonds is 14. The maximum absolute atomic E-state index is 13.7. The topological polar surface area (TPSA) is 157 Å². The molecule has 1 aromatic carbocycles. The SMILES string of the molecule is CCC[C@H](NC(=O)[C@H](Cc1ccccc1)NC(=O)N1CCC(N)CC1)C(=O)N[C@@H](CC1CCCCC1)[C@@H](O)CC(C)(C)O. The van der Waals surface area contributed by atoms with Gasteiger partial charge in [-0.15, -0.1) is 0 Å². The number of amides is 4. The Labute approximate surface area is 257 Å². The van der Waals surface area contributed by atoms with E-state index in [9.17, 15) is 24.6 Å². The summed E-state index contributed by atoms with van der Waals surface area (Å²) < 4.78 is 0. The van der Waals surface area contributed by atoms with Crippen LogP contribution in [-0.2, 0) is 16.0 Å². The number of hydrogen-bond donors (Lipinski definition) is 6. The fourth-order valence-corrected chi connectivity index (χ4v) is 6.26. The number of nitrogens with two attached hydrogens (primary N) is 1. The summed E-state index contributed by atoms with van der Waals surface area (Å²) in [6, 6.07) is 6.99. The zero-order valence-electron chi connectivity index (χ0n) is 26.4. The maximum atomic E-state index is 13.7. The van der Waals surface area contributed by atoms with E-state index in [-0.39, 0.29) is 30.8 Å². The van der Waals surface area contributed by atoms with E-state index < -0.39 is 35.7 Å². The Balaban J connectivity index is 1.73. The van der Waals surface area contributed by atoms with Crippen LogP contribution in [0.25, 0.3) is 0 Å². The summed E-state index contributed by atoms with van der Waals surface area (Å²) >= 11 is 0. The van der Waals surface area contributed by atoms with Gasteiger partial charge in [-0.05, 0) is 51.0 Å². The van der Waals surface area contributed by atoms with Crippen molar-refractivity contribution in [1.29, 1.82) is 0 Å². The van der Waals surface area contributed by atoms with Crippen LogP contribution in [0.5, 0.6) is 0 Å². The minimum atomic E-state index is -1.09. The van der Waals surface area contributed by atoms with E-state index in [1.807, 2.05) is 37.3 Å². The first-order chi connectivity index (χ1) is 20.4. The molecule has 0 radical (unpaired) electrons. The van der Waals surface area contributed by atoms with Gasteiger partial charge < -0.3 is 36.8 Å². The normalized spacial score (nSPS) is 19.6. The number of carbonyl (C=O) groups is 3. The molecule has 1 saturated heterocycles. The molecule has 1 heterocycles. The lowest BCUT2D eigenvalue weighted by Crippen LogP contribution is -2.58. The van der Waals surface area contributed by atoms with Gasteiger partial charge in [0.25, 0.3) is 0 Å². The van der Waals surface area contributed by atoms with Gasteiger partial charge >= 0.3 is 6.03 Å². The third-order valence-electron chi connectivity index (χ3n) is 8.75. The average molecular weight is 602 g/mol. The maximum Gasteiger partial charge on any atom is 0.318 e. The Morgan fingerprint density at radius 1 is 0.953 bits per heavy atom. The monoisotopic (exact) mass is 601 g/mol. The van der Waals surface area contributed by atoms with E-state index in [2.05, 4.69) is 16.0 Å². The smallest absolute Gasteiger partial charge is 0.318 e. The molecule has 1 aliphatic heterocycles. The van der Waals surface area contributed by atoms with Crippen LogP contribution in [-0.4, -0.2) is 81.9 Å². The van der Waals surface area contributed by atoms with Crippen LogP contribution in [0.1, 0.15) is 97.0 Å². The van der Waals surface area contributed by atoms with Gasteiger partial charge in [0.2, 0.25) is 11.8 Å². The summed E-state index contributed by atoms with van der Waals surface area (Å²) in [7, 11) is 0. The lowest BCUT2D eigenvalue weighted by molar-refractivity contribution is -0.131. The number of hydrogen-bond acceptors (Lipinski definition) is 6. The second-order valence-electron chi connectivity index (χ2n) is 13.3. The van der Waals surface area contributed by atoms with Crippen molar-refractivity contribution >= 4 is 17.8 Å². The molecule has 1 aromatic rings. The summed E-state index contributed by atoms with van der Waals surface area (Å²) in [5, 5.41) is 30.3. The van der Waals surface area contributed by atoms with E-state index >= 15 is 0 Å². The highest BCUT2D eigenvalue weighted by Crippen LogP contribution is 2.29. The van der Waals surface area contributed by atoms with Crippen LogP contribution in [0.3, 0.4) is 0 Å². The standard InChI is InChI=1S/C33H55N5O5/c1-4-11-26(30(40)36-27(29(39)22-33(2,3)43)20-23-12-7-5-8-13-23)35-31(41)28(21-24-14-9-6-10-15-24)37-32(42)38-18-16-25(34)17-19-38/h6,9-10,14-15,23,25-29,39,43H,4-5,7-8,11-13,16-22,34H2,1-3H3,(H,35,41)(H,36,40)(H,37,42)/t26-,27-,28-,29-/m0/s1. The number of benzene rings is 1. The molecular weight excluding hydrogens is 546 g/mol. The largest absolute Gasteiger partial charge is 0.391 e. The molecule has 7 N–H and O–H groups in total. The fourth-order valence-electron chi connectivity index (χ4n) is 6.26. The van der Waals surface area contributed by atoms with Crippen LogP contribution in [0.15, 0.2) is 30.3 Å². The molecule has 43 heavy (non-hydrogen) atoms. The van der Waals surface area contributed by atoms with Gasteiger partial charge in [0.15, 0.2) is 0 Å². The lowest BCUT2D eigenvalue weighted by atomic mass is 9.82. The molecule has 4 amide bonds. The minimum Gasteiger partial charge on any atom is -0.391 e. The molecule has 10 heteroatoms. The zero-order chi connectivity index (χ0) is 31.4. The Morgan fingerprint density at radius 2 is 1.58 bits per heavy atom. The highest BCUT2D eigenvalue weighted by molar-refractivity contribution is 5.92. The molecule has 0 bridgehead atoms. The summed E-state index contributed by atoms with van der Waals surface area (Å²) in [6.07, 6.45) is 8.19. The second-order valence-corrected chi connectivity index (χ2v) is 13.3. The van der Waals surface area contributed by atoms with E-state index in [0.29, 0.717) is 51.1 Å². The third kappa shape index (κ3) is 12.1. The molecule has 2 aliphatic rings.